The Morgan fingerprint density at radius 1 is 1.45 bits per heavy atom. The molecule has 1 unspecified atom stereocenters. The predicted octanol–water partition coefficient (Wildman–Crippen LogP) is 1.78. The van der Waals surface area contributed by atoms with E-state index in [0.29, 0.717) is 18.3 Å². The van der Waals surface area contributed by atoms with Crippen LogP contribution in [0.5, 0.6) is 5.75 Å². The number of fused-ring (bicyclic) bond motifs is 3. The second kappa shape index (κ2) is 4.65. The molecule has 2 aliphatic heterocycles. The lowest BCUT2D eigenvalue weighted by molar-refractivity contribution is 0.0740. The van der Waals surface area contributed by atoms with Crippen LogP contribution in [0.25, 0.3) is 16.6 Å². The van der Waals surface area contributed by atoms with E-state index in [4.69, 9.17) is 9.39 Å². The first kappa shape index (κ1) is 12.0. The van der Waals surface area contributed by atoms with Crippen molar-refractivity contribution in [3.05, 3.63) is 30.0 Å². The molecule has 0 aromatic carbocycles. The Morgan fingerprint density at radius 3 is 3.25 bits per heavy atom. The summed E-state index contributed by atoms with van der Waals surface area (Å²) < 4.78 is 11.1. The average Bonchev–Trinajstić information content (AvgIpc) is 2.95. The van der Waals surface area contributed by atoms with E-state index in [-0.39, 0.29) is 0 Å². The molecule has 0 bridgehead atoms. The lowest BCUT2D eigenvalue weighted by atomic mass is 9.76. The van der Waals surface area contributed by atoms with Crippen molar-refractivity contribution in [1.82, 2.24) is 9.97 Å². The van der Waals surface area contributed by atoms with Crippen LogP contribution in [0.4, 0.5) is 0 Å². The number of hydrogen-bond donors (Lipinski definition) is 2. The van der Waals surface area contributed by atoms with Crippen molar-refractivity contribution < 1.29 is 14.4 Å². The molecular weight excluding hydrogens is 255 g/mol. The summed E-state index contributed by atoms with van der Waals surface area (Å²) in [4.78, 5) is 7.44. The van der Waals surface area contributed by atoms with Gasteiger partial charge in [0.25, 0.3) is 0 Å². The minimum absolute atomic E-state index is 0.307. The number of aromatic nitrogens is 2. The van der Waals surface area contributed by atoms with Crippen LogP contribution in [0.3, 0.4) is 0 Å². The van der Waals surface area contributed by atoms with Gasteiger partial charge in [-0.3, -0.25) is 0 Å². The summed E-state index contributed by atoms with van der Waals surface area (Å²) in [5.74, 6) is 2.75. The van der Waals surface area contributed by atoms with Gasteiger partial charge in [-0.2, -0.15) is 0 Å². The van der Waals surface area contributed by atoms with Gasteiger partial charge in [-0.25, -0.2) is 4.98 Å². The number of rotatable bonds is 1. The Balaban J connectivity index is 1.88. The zero-order valence-corrected chi connectivity index (χ0v) is 11.0. The third kappa shape index (κ3) is 1.84. The van der Waals surface area contributed by atoms with Crippen molar-refractivity contribution in [2.75, 3.05) is 13.2 Å². The van der Waals surface area contributed by atoms with Gasteiger partial charge >= 0.3 is 7.12 Å². The smallest absolute Gasteiger partial charge is 0.531 e. The fourth-order valence-corrected chi connectivity index (χ4v) is 3.10. The molecule has 4 rings (SSSR count). The van der Waals surface area contributed by atoms with E-state index < -0.39 is 7.12 Å². The number of pyridine rings is 1. The van der Waals surface area contributed by atoms with Gasteiger partial charge in [0.2, 0.25) is 0 Å². The predicted molar refractivity (Wildman–Crippen MR) is 76.2 cm³/mol. The van der Waals surface area contributed by atoms with Gasteiger partial charge in [0, 0.05) is 29.7 Å². The Labute approximate surface area is 116 Å². The molecule has 2 aromatic rings. The van der Waals surface area contributed by atoms with Gasteiger partial charge in [-0.15, -0.1) is 0 Å². The van der Waals surface area contributed by atoms with E-state index in [1.165, 1.54) is 0 Å². The molecule has 2 aliphatic rings. The molecule has 0 saturated carbocycles. The molecule has 2 aromatic heterocycles. The highest BCUT2D eigenvalue weighted by Crippen LogP contribution is 2.41. The number of nitrogens with zero attached hydrogens (tertiary/aromatic N) is 1. The maximum atomic E-state index is 9.90. The van der Waals surface area contributed by atoms with Crippen LogP contribution in [0.2, 0.25) is 0 Å². The molecule has 0 radical (unpaired) electrons. The SMILES string of the molecule is OB1C=C(C2CCCOC2)c2c(cnc3[nH]ccc23)O1. The van der Waals surface area contributed by atoms with Gasteiger partial charge in [-0.1, -0.05) is 0 Å². The number of aromatic amines is 1. The molecular formula is C14H15BN2O3. The highest BCUT2D eigenvalue weighted by Gasteiger charge is 2.31. The minimum atomic E-state index is -0.905. The van der Waals surface area contributed by atoms with Crippen molar-refractivity contribution in [3.63, 3.8) is 0 Å². The Morgan fingerprint density at radius 2 is 2.40 bits per heavy atom. The second-order valence-corrected chi connectivity index (χ2v) is 5.28. The van der Waals surface area contributed by atoms with Gasteiger partial charge in [-0.05, 0) is 30.5 Å². The van der Waals surface area contributed by atoms with E-state index in [0.717, 1.165) is 41.6 Å². The van der Waals surface area contributed by atoms with Crippen molar-refractivity contribution in [2.45, 2.75) is 12.8 Å². The van der Waals surface area contributed by atoms with Gasteiger partial charge in [0.1, 0.15) is 11.4 Å². The van der Waals surface area contributed by atoms with Gasteiger partial charge in [0.05, 0.1) is 12.8 Å². The van der Waals surface area contributed by atoms with Crippen LogP contribution in [0, 0.1) is 5.92 Å². The fraction of sp³-hybridized carbons (Fsp3) is 0.357. The van der Waals surface area contributed by atoms with Crippen LogP contribution in [0.15, 0.2) is 24.4 Å². The van der Waals surface area contributed by atoms with Crippen LogP contribution >= 0.6 is 0 Å². The lowest BCUT2D eigenvalue weighted by Crippen LogP contribution is -2.28. The van der Waals surface area contributed by atoms with Crippen LogP contribution in [-0.2, 0) is 4.74 Å². The summed E-state index contributed by atoms with van der Waals surface area (Å²) in [6.07, 6.45) is 5.67. The molecule has 1 saturated heterocycles. The molecule has 0 amide bonds. The maximum absolute atomic E-state index is 9.90. The zero-order valence-electron chi connectivity index (χ0n) is 11.0. The van der Waals surface area contributed by atoms with Crippen LogP contribution < -0.4 is 4.65 Å². The van der Waals surface area contributed by atoms with E-state index in [1.54, 1.807) is 12.2 Å². The zero-order chi connectivity index (χ0) is 13.5. The van der Waals surface area contributed by atoms with Crippen molar-refractivity contribution in [1.29, 1.82) is 0 Å². The van der Waals surface area contributed by atoms with Crippen molar-refractivity contribution in [2.24, 2.45) is 5.92 Å². The molecule has 0 aliphatic carbocycles. The number of hydrogen-bond acceptors (Lipinski definition) is 4. The molecule has 5 nitrogen and oxygen atoms in total. The third-order valence-electron chi connectivity index (χ3n) is 4.01. The number of ether oxygens (including phenoxy) is 1. The molecule has 1 atom stereocenters. The van der Waals surface area contributed by atoms with Crippen molar-refractivity contribution >= 4 is 23.7 Å². The summed E-state index contributed by atoms with van der Waals surface area (Å²) in [6.45, 7) is 1.53. The second-order valence-electron chi connectivity index (χ2n) is 5.28. The highest BCUT2D eigenvalue weighted by molar-refractivity contribution is 6.52. The normalized spacial score (nSPS) is 22.4. The standard InChI is InChI=1S/C14H15BN2O3/c18-15-6-11(9-2-1-5-19-8-9)13-10-3-4-16-14(10)17-7-12(13)20-15/h3-4,6-7,9,18H,1-2,5,8H2,(H,16,17). The van der Waals surface area contributed by atoms with Gasteiger partial charge < -0.3 is 19.4 Å². The molecule has 4 heterocycles. The van der Waals surface area contributed by atoms with E-state index in [9.17, 15) is 5.02 Å². The first-order valence-electron chi connectivity index (χ1n) is 6.93. The quantitative estimate of drug-likeness (QED) is 0.775. The highest BCUT2D eigenvalue weighted by atomic mass is 16.5. The molecule has 0 spiro atoms. The Hall–Kier alpha value is -1.79. The molecule has 6 heteroatoms. The van der Waals surface area contributed by atoms with Crippen LogP contribution in [0.1, 0.15) is 18.4 Å². The van der Waals surface area contributed by atoms with Crippen LogP contribution in [-0.4, -0.2) is 35.3 Å². The number of H-pyrrole nitrogens is 1. The summed E-state index contributed by atoms with van der Waals surface area (Å²) >= 11 is 0. The topological polar surface area (TPSA) is 67.4 Å². The summed E-state index contributed by atoms with van der Waals surface area (Å²) in [5.41, 5.74) is 2.99. The average molecular weight is 270 g/mol. The largest absolute Gasteiger partial charge is 0.552 e. The third-order valence-corrected chi connectivity index (χ3v) is 4.01. The Kier molecular flexibility index (Phi) is 2.79. The molecule has 1 fully saturated rings. The first-order chi connectivity index (χ1) is 9.83. The molecule has 20 heavy (non-hydrogen) atoms. The van der Waals surface area contributed by atoms with Gasteiger partial charge in [0.15, 0.2) is 0 Å². The molecule has 102 valence electrons. The van der Waals surface area contributed by atoms with Crippen molar-refractivity contribution in [3.8, 4) is 5.75 Å². The first-order valence-corrected chi connectivity index (χ1v) is 6.93. The Bertz CT molecular complexity index is 676. The van der Waals surface area contributed by atoms with E-state index >= 15 is 0 Å². The van der Waals surface area contributed by atoms with E-state index in [2.05, 4.69) is 9.97 Å². The maximum Gasteiger partial charge on any atom is 0.552 e. The summed E-state index contributed by atoms with van der Waals surface area (Å²) in [7, 11) is -0.905. The monoisotopic (exact) mass is 270 g/mol. The summed E-state index contributed by atoms with van der Waals surface area (Å²) in [6, 6.07) is 2.00. The lowest BCUT2D eigenvalue weighted by Gasteiger charge is -2.29. The summed E-state index contributed by atoms with van der Waals surface area (Å²) in [5, 5.41) is 10.9. The van der Waals surface area contributed by atoms with E-state index in [1.807, 2.05) is 12.3 Å². The number of nitrogens with one attached hydrogen (secondary N) is 1. The minimum Gasteiger partial charge on any atom is -0.531 e. The molecule has 2 N–H and O–H groups in total. The fourth-order valence-electron chi connectivity index (χ4n) is 3.10.